The van der Waals surface area contributed by atoms with Crippen LogP contribution in [0.3, 0.4) is 0 Å². The maximum Gasteiger partial charge on any atom is 0.241 e. The summed E-state index contributed by atoms with van der Waals surface area (Å²) in [5.41, 5.74) is 6.24. The number of nitrogens with two attached hydrogens (primary N) is 1. The molecule has 0 aromatic heterocycles. The Kier molecular flexibility index (Phi) is 4.80. The van der Waals surface area contributed by atoms with Gasteiger partial charge in [0.15, 0.2) is 0 Å². The lowest BCUT2D eigenvalue weighted by molar-refractivity contribution is -0.141. The maximum absolute atomic E-state index is 12.5. The van der Waals surface area contributed by atoms with Crippen molar-refractivity contribution >= 4 is 11.8 Å². The Morgan fingerprint density at radius 2 is 2.05 bits per heavy atom. The summed E-state index contributed by atoms with van der Waals surface area (Å²) in [5, 5.41) is 0. The number of ether oxygens (including phenoxy) is 1. The minimum absolute atomic E-state index is 0.101. The lowest BCUT2D eigenvalue weighted by Gasteiger charge is -2.38. The third-order valence-corrected chi connectivity index (χ3v) is 3.77. The van der Waals surface area contributed by atoms with Crippen LogP contribution >= 0.6 is 0 Å². The van der Waals surface area contributed by atoms with Crippen LogP contribution in [-0.2, 0) is 16.0 Å². The number of piperazine rings is 1. The van der Waals surface area contributed by atoms with Gasteiger partial charge in [0.05, 0.1) is 13.5 Å². The first-order valence-electron chi connectivity index (χ1n) is 6.92. The molecular formula is C15H21N3O3. The summed E-state index contributed by atoms with van der Waals surface area (Å²) < 4.78 is 5.25. The Balaban J connectivity index is 2.13. The lowest BCUT2D eigenvalue weighted by Crippen LogP contribution is -2.59. The van der Waals surface area contributed by atoms with Crippen LogP contribution in [-0.4, -0.2) is 61.4 Å². The first-order valence-corrected chi connectivity index (χ1v) is 6.92. The van der Waals surface area contributed by atoms with Crippen LogP contribution in [0.1, 0.15) is 5.56 Å². The molecule has 1 fully saturated rings. The van der Waals surface area contributed by atoms with Gasteiger partial charge in [-0.2, -0.15) is 0 Å². The molecule has 2 N–H and O–H groups in total. The molecule has 0 saturated carbocycles. The quantitative estimate of drug-likeness (QED) is 0.838. The first kappa shape index (κ1) is 15.3. The third kappa shape index (κ3) is 3.52. The third-order valence-electron chi connectivity index (χ3n) is 3.77. The van der Waals surface area contributed by atoms with Crippen LogP contribution in [0, 0.1) is 0 Å². The molecule has 1 heterocycles. The number of benzene rings is 1. The first-order chi connectivity index (χ1) is 10.0. The van der Waals surface area contributed by atoms with E-state index in [2.05, 4.69) is 0 Å². The van der Waals surface area contributed by atoms with E-state index in [1.54, 1.807) is 12.0 Å². The summed E-state index contributed by atoms with van der Waals surface area (Å²) >= 11 is 0. The second-order valence-electron chi connectivity index (χ2n) is 5.26. The van der Waals surface area contributed by atoms with Crippen molar-refractivity contribution in [2.24, 2.45) is 5.73 Å². The van der Waals surface area contributed by atoms with Crippen molar-refractivity contribution < 1.29 is 14.3 Å². The second kappa shape index (κ2) is 6.58. The van der Waals surface area contributed by atoms with Crippen molar-refractivity contribution in [2.75, 3.05) is 33.8 Å². The molecule has 2 amide bonds. The van der Waals surface area contributed by atoms with Gasteiger partial charge in [0.25, 0.3) is 0 Å². The molecule has 1 aliphatic rings. The van der Waals surface area contributed by atoms with Crippen molar-refractivity contribution in [3.05, 3.63) is 29.8 Å². The molecule has 0 spiro atoms. The van der Waals surface area contributed by atoms with Gasteiger partial charge in [-0.05, 0) is 13.1 Å². The summed E-state index contributed by atoms with van der Waals surface area (Å²) in [6.45, 7) is 1.73. The van der Waals surface area contributed by atoms with Crippen molar-refractivity contribution in [1.29, 1.82) is 0 Å². The van der Waals surface area contributed by atoms with E-state index in [1.807, 2.05) is 36.2 Å². The number of carbonyl (C=O) groups excluding carboxylic acids is 2. The van der Waals surface area contributed by atoms with Gasteiger partial charge >= 0.3 is 0 Å². The van der Waals surface area contributed by atoms with Gasteiger partial charge in [-0.25, -0.2) is 0 Å². The van der Waals surface area contributed by atoms with Crippen molar-refractivity contribution in [3.63, 3.8) is 0 Å². The van der Waals surface area contributed by atoms with E-state index in [0.29, 0.717) is 18.8 Å². The number of primary amides is 1. The predicted molar refractivity (Wildman–Crippen MR) is 78.9 cm³/mol. The summed E-state index contributed by atoms with van der Waals surface area (Å²) in [7, 11) is 3.49. The SMILES string of the molecule is COc1ccccc1CC(=O)N1CCN(C)C[C@H]1C(N)=O. The molecule has 114 valence electrons. The number of hydrogen-bond donors (Lipinski definition) is 1. The standard InChI is InChI=1S/C15H21N3O3/c1-17-7-8-18(12(10-17)15(16)20)14(19)9-11-5-3-4-6-13(11)21-2/h3-6,12H,7-10H2,1-2H3,(H2,16,20)/t12-/m0/s1. The molecule has 1 atom stereocenters. The highest BCUT2D eigenvalue weighted by molar-refractivity contribution is 5.88. The topological polar surface area (TPSA) is 75.9 Å². The van der Waals surface area contributed by atoms with E-state index in [-0.39, 0.29) is 12.3 Å². The largest absolute Gasteiger partial charge is 0.496 e. The zero-order chi connectivity index (χ0) is 15.4. The number of para-hydroxylation sites is 1. The normalized spacial score (nSPS) is 19.3. The Bertz CT molecular complexity index is 533. The highest BCUT2D eigenvalue weighted by Gasteiger charge is 2.32. The summed E-state index contributed by atoms with van der Waals surface area (Å²) in [5.74, 6) is 0.113. The van der Waals surface area contributed by atoms with Crippen LogP contribution < -0.4 is 10.5 Å². The number of methoxy groups -OCH3 is 1. The van der Waals surface area contributed by atoms with Gasteiger partial charge in [-0.3, -0.25) is 9.59 Å². The zero-order valence-electron chi connectivity index (χ0n) is 12.4. The number of nitrogens with zero attached hydrogens (tertiary/aromatic N) is 2. The van der Waals surface area contributed by atoms with E-state index >= 15 is 0 Å². The van der Waals surface area contributed by atoms with E-state index in [0.717, 1.165) is 12.1 Å². The number of rotatable bonds is 4. The van der Waals surface area contributed by atoms with Gasteiger partial charge in [-0.15, -0.1) is 0 Å². The number of carbonyl (C=O) groups is 2. The average molecular weight is 291 g/mol. The Hall–Kier alpha value is -2.08. The van der Waals surface area contributed by atoms with Crippen LogP contribution in [0.25, 0.3) is 0 Å². The van der Waals surface area contributed by atoms with E-state index in [9.17, 15) is 9.59 Å². The zero-order valence-corrected chi connectivity index (χ0v) is 12.4. The van der Waals surface area contributed by atoms with Crippen LogP contribution in [0.5, 0.6) is 5.75 Å². The Labute approximate surface area is 124 Å². The summed E-state index contributed by atoms with van der Waals surface area (Å²) in [4.78, 5) is 27.6. The minimum atomic E-state index is -0.564. The molecule has 1 aliphatic heterocycles. The fraction of sp³-hybridized carbons (Fsp3) is 0.467. The van der Waals surface area contributed by atoms with Gasteiger partial charge in [0.1, 0.15) is 11.8 Å². The fourth-order valence-electron chi connectivity index (χ4n) is 2.57. The summed E-state index contributed by atoms with van der Waals surface area (Å²) in [6.07, 6.45) is 0.206. The predicted octanol–water partition coefficient (Wildman–Crippen LogP) is -0.134. The van der Waals surface area contributed by atoms with Gasteiger partial charge < -0.3 is 20.3 Å². The molecule has 6 heteroatoms. The smallest absolute Gasteiger partial charge is 0.241 e. The second-order valence-corrected chi connectivity index (χ2v) is 5.26. The monoisotopic (exact) mass is 291 g/mol. The fourth-order valence-corrected chi connectivity index (χ4v) is 2.57. The molecule has 2 rings (SSSR count). The van der Waals surface area contributed by atoms with Crippen molar-refractivity contribution in [3.8, 4) is 5.75 Å². The number of amides is 2. The van der Waals surface area contributed by atoms with Crippen LogP contribution in [0.2, 0.25) is 0 Å². The highest BCUT2D eigenvalue weighted by Crippen LogP contribution is 2.19. The molecule has 0 radical (unpaired) electrons. The highest BCUT2D eigenvalue weighted by atomic mass is 16.5. The Morgan fingerprint density at radius 1 is 1.33 bits per heavy atom. The van der Waals surface area contributed by atoms with E-state index < -0.39 is 11.9 Å². The van der Waals surface area contributed by atoms with Crippen molar-refractivity contribution in [1.82, 2.24) is 9.80 Å². The van der Waals surface area contributed by atoms with Crippen molar-refractivity contribution in [2.45, 2.75) is 12.5 Å². The molecular weight excluding hydrogens is 270 g/mol. The molecule has 0 bridgehead atoms. The number of likely N-dealkylation sites (N-methyl/N-ethyl adjacent to an activating group) is 1. The van der Waals surface area contributed by atoms with Crippen LogP contribution in [0.15, 0.2) is 24.3 Å². The Morgan fingerprint density at radius 3 is 2.71 bits per heavy atom. The molecule has 21 heavy (non-hydrogen) atoms. The molecule has 6 nitrogen and oxygen atoms in total. The van der Waals surface area contributed by atoms with Gasteiger partial charge in [0, 0.05) is 25.2 Å². The van der Waals surface area contributed by atoms with Gasteiger partial charge in [-0.1, -0.05) is 18.2 Å². The molecule has 0 unspecified atom stereocenters. The molecule has 1 aromatic rings. The molecule has 1 saturated heterocycles. The van der Waals surface area contributed by atoms with E-state index in [4.69, 9.17) is 10.5 Å². The summed E-state index contributed by atoms with van der Waals surface area (Å²) in [6, 6.07) is 6.82. The lowest BCUT2D eigenvalue weighted by atomic mass is 10.1. The minimum Gasteiger partial charge on any atom is -0.496 e. The van der Waals surface area contributed by atoms with Crippen LogP contribution in [0.4, 0.5) is 0 Å². The average Bonchev–Trinajstić information content (AvgIpc) is 2.47. The van der Waals surface area contributed by atoms with Gasteiger partial charge in [0.2, 0.25) is 11.8 Å². The van der Waals surface area contributed by atoms with E-state index in [1.165, 1.54) is 0 Å². The molecule has 1 aromatic carbocycles. The maximum atomic E-state index is 12.5. The number of hydrogen-bond acceptors (Lipinski definition) is 4. The molecule has 0 aliphatic carbocycles.